The maximum atomic E-state index is 9.15. The largest absolute Gasteiger partial charge is 0.455 e. The van der Waals surface area contributed by atoms with Gasteiger partial charge in [0.15, 0.2) is 0 Å². The molecular weight excluding hydrogens is 516 g/mol. The van der Waals surface area contributed by atoms with Crippen molar-refractivity contribution in [3.63, 3.8) is 0 Å². The Balaban J connectivity index is 1.13. The third-order valence-electron chi connectivity index (χ3n) is 7.79. The first kappa shape index (κ1) is 25.6. The number of dihydropyridines is 1. The van der Waals surface area contributed by atoms with Gasteiger partial charge in [0.2, 0.25) is 0 Å². The molecule has 0 fully saturated rings. The lowest BCUT2D eigenvalue weighted by atomic mass is 9.97. The van der Waals surface area contributed by atoms with Crippen LogP contribution in [-0.4, -0.2) is 6.17 Å². The zero-order valence-corrected chi connectivity index (χ0v) is 22.8. The second-order valence-corrected chi connectivity index (χ2v) is 10.4. The summed E-state index contributed by atoms with van der Waals surface area (Å²) in [5, 5.41) is 17.9. The molecule has 5 aromatic carbocycles. The average Bonchev–Trinajstić information content (AvgIpc) is 3.44. The van der Waals surface area contributed by atoms with Gasteiger partial charge in [-0.2, -0.15) is 5.26 Å². The minimum Gasteiger partial charge on any atom is -0.455 e. The molecule has 0 aliphatic carbocycles. The summed E-state index contributed by atoms with van der Waals surface area (Å²) >= 11 is 0. The van der Waals surface area contributed by atoms with Gasteiger partial charge in [0.05, 0.1) is 24.0 Å². The van der Waals surface area contributed by atoms with E-state index in [0.29, 0.717) is 5.56 Å². The van der Waals surface area contributed by atoms with Crippen molar-refractivity contribution in [2.45, 2.75) is 12.3 Å². The smallest absolute Gasteiger partial charge is 0.143 e. The third kappa shape index (κ3) is 4.86. The Morgan fingerprint density at radius 3 is 2.10 bits per heavy atom. The summed E-state index contributed by atoms with van der Waals surface area (Å²) in [6.07, 6.45) is 7.64. The first-order chi connectivity index (χ1) is 20.7. The fourth-order valence-electron chi connectivity index (χ4n) is 5.51. The third-order valence-corrected chi connectivity index (χ3v) is 7.79. The molecule has 6 aromatic rings. The van der Waals surface area contributed by atoms with Crippen molar-refractivity contribution in [1.29, 1.82) is 5.26 Å². The van der Waals surface area contributed by atoms with Gasteiger partial charge in [-0.3, -0.25) is 5.32 Å². The van der Waals surface area contributed by atoms with Crippen molar-refractivity contribution < 1.29 is 4.42 Å². The van der Waals surface area contributed by atoms with E-state index >= 15 is 0 Å². The monoisotopic (exact) mass is 544 g/mol. The van der Waals surface area contributed by atoms with Crippen LogP contribution in [0, 0.1) is 11.3 Å². The standard InChI is InChI=1S/C37H28N4O/c38-23-24-7-9-28(10-8-24)31-4-3-5-32-33-22-30(19-20-34(33)42-36(31)32)27-13-11-25(12-14-27)26-15-17-29(18-16-26)37(39)41-35-6-1-2-21-40-35/h1-22,35,37,40-41H,39H2. The Labute approximate surface area is 244 Å². The molecule has 1 aliphatic rings. The van der Waals surface area contributed by atoms with Crippen molar-refractivity contribution in [3.05, 3.63) is 145 Å². The molecule has 2 unspecified atom stereocenters. The highest BCUT2D eigenvalue weighted by molar-refractivity contribution is 6.10. The molecule has 5 nitrogen and oxygen atoms in total. The Kier molecular flexibility index (Phi) is 6.61. The molecule has 4 N–H and O–H groups in total. The van der Waals surface area contributed by atoms with Crippen molar-refractivity contribution >= 4 is 21.9 Å². The Morgan fingerprint density at radius 2 is 1.40 bits per heavy atom. The molecule has 0 radical (unpaired) electrons. The normalized spacial score (nSPS) is 15.0. The van der Waals surface area contributed by atoms with Gasteiger partial charge in [-0.15, -0.1) is 0 Å². The van der Waals surface area contributed by atoms with Crippen LogP contribution in [0.25, 0.3) is 55.3 Å². The Hall–Kier alpha value is -5.41. The minimum atomic E-state index is -0.274. The van der Waals surface area contributed by atoms with Gasteiger partial charge in [0, 0.05) is 16.3 Å². The number of benzene rings is 5. The molecule has 2 atom stereocenters. The highest BCUT2D eigenvalue weighted by Gasteiger charge is 2.14. The minimum absolute atomic E-state index is 0.0149. The number of nitrogens with one attached hydrogen (secondary N) is 2. The number of nitriles is 1. The predicted molar refractivity (Wildman–Crippen MR) is 170 cm³/mol. The van der Waals surface area contributed by atoms with Crippen molar-refractivity contribution in [3.8, 4) is 39.4 Å². The van der Waals surface area contributed by atoms with Crippen LogP contribution in [0.1, 0.15) is 17.3 Å². The number of fused-ring (bicyclic) bond motifs is 3. The van der Waals surface area contributed by atoms with Crippen LogP contribution >= 0.6 is 0 Å². The molecule has 5 heteroatoms. The topological polar surface area (TPSA) is 87.0 Å². The number of hydrogen-bond donors (Lipinski definition) is 3. The lowest BCUT2D eigenvalue weighted by molar-refractivity contribution is 0.465. The quantitative estimate of drug-likeness (QED) is 0.185. The van der Waals surface area contributed by atoms with E-state index in [1.807, 2.05) is 54.8 Å². The zero-order chi connectivity index (χ0) is 28.5. The molecule has 1 aromatic heterocycles. The van der Waals surface area contributed by atoms with Crippen LogP contribution in [-0.2, 0) is 0 Å². The highest BCUT2D eigenvalue weighted by atomic mass is 16.3. The first-order valence-electron chi connectivity index (χ1n) is 13.9. The van der Waals surface area contributed by atoms with Gasteiger partial charge >= 0.3 is 0 Å². The molecule has 0 saturated heterocycles. The van der Waals surface area contributed by atoms with E-state index in [0.717, 1.165) is 60.9 Å². The summed E-state index contributed by atoms with van der Waals surface area (Å²) in [6.45, 7) is 0. The summed E-state index contributed by atoms with van der Waals surface area (Å²) in [5.74, 6) is 0. The molecule has 1 aliphatic heterocycles. The van der Waals surface area contributed by atoms with E-state index < -0.39 is 0 Å². The van der Waals surface area contributed by atoms with Gasteiger partial charge in [-0.05, 0) is 76.0 Å². The summed E-state index contributed by atoms with van der Waals surface area (Å²) in [5.41, 5.74) is 16.4. The molecule has 0 bridgehead atoms. The number of para-hydroxylation sites is 1. The van der Waals surface area contributed by atoms with E-state index in [4.69, 9.17) is 15.4 Å². The van der Waals surface area contributed by atoms with Crippen molar-refractivity contribution in [2.24, 2.45) is 5.73 Å². The summed E-state index contributed by atoms with van der Waals surface area (Å²) in [4.78, 5) is 0. The summed E-state index contributed by atoms with van der Waals surface area (Å²) in [6, 6.07) is 39.4. The molecular formula is C37H28N4O. The van der Waals surface area contributed by atoms with E-state index in [1.54, 1.807) is 0 Å². The Bertz CT molecular complexity index is 1990. The first-order valence-corrected chi connectivity index (χ1v) is 13.9. The van der Waals surface area contributed by atoms with Crippen molar-refractivity contribution in [1.82, 2.24) is 10.6 Å². The summed E-state index contributed by atoms with van der Waals surface area (Å²) < 4.78 is 6.34. The maximum absolute atomic E-state index is 9.15. The number of rotatable bonds is 6. The number of allylic oxidation sites excluding steroid dienone is 2. The van der Waals surface area contributed by atoms with Crippen LogP contribution in [0.15, 0.2) is 138 Å². The van der Waals surface area contributed by atoms with Gasteiger partial charge in [0.25, 0.3) is 0 Å². The molecule has 2 heterocycles. The predicted octanol–water partition coefficient (Wildman–Crippen LogP) is 8.00. The zero-order valence-electron chi connectivity index (χ0n) is 22.8. The number of nitrogens with zero attached hydrogens (tertiary/aromatic N) is 1. The van der Waals surface area contributed by atoms with E-state index in [-0.39, 0.29) is 12.3 Å². The fraction of sp³-hybridized carbons (Fsp3) is 0.0541. The van der Waals surface area contributed by atoms with Crippen LogP contribution in [0.3, 0.4) is 0 Å². The average molecular weight is 545 g/mol. The molecule has 202 valence electrons. The Morgan fingerprint density at radius 1 is 0.738 bits per heavy atom. The molecule has 0 spiro atoms. The van der Waals surface area contributed by atoms with Gasteiger partial charge in [-0.1, -0.05) is 91.0 Å². The number of hydrogen-bond acceptors (Lipinski definition) is 5. The van der Waals surface area contributed by atoms with Crippen LogP contribution < -0.4 is 16.4 Å². The second-order valence-electron chi connectivity index (χ2n) is 10.4. The molecule has 42 heavy (non-hydrogen) atoms. The maximum Gasteiger partial charge on any atom is 0.143 e. The van der Waals surface area contributed by atoms with Crippen LogP contribution in [0.2, 0.25) is 0 Å². The van der Waals surface area contributed by atoms with Crippen LogP contribution in [0.5, 0.6) is 0 Å². The summed E-state index contributed by atoms with van der Waals surface area (Å²) in [7, 11) is 0. The second kappa shape index (κ2) is 10.9. The van der Waals surface area contributed by atoms with Crippen molar-refractivity contribution in [2.75, 3.05) is 0 Å². The van der Waals surface area contributed by atoms with Crippen LogP contribution in [0.4, 0.5) is 0 Å². The van der Waals surface area contributed by atoms with Gasteiger partial charge < -0.3 is 15.5 Å². The highest BCUT2D eigenvalue weighted by Crippen LogP contribution is 2.38. The SMILES string of the molecule is N#Cc1ccc(-c2cccc3c2oc2ccc(-c4ccc(-c5ccc(C(N)NC6C=CC=CN6)cc5)cc4)cc23)cc1. The number of furan rings is 1. The lowest BCUT2D eigenvalue weighted by Gasteiger charge is -2.22. The van der Waals surface area contributed by atoms with Gasteiger partial charge in [0.1, 0.15) is 11.2 Å². The van der Waals surface area contributed by atoms with Gasteiger partial charge in [-0.25, -0.2) is 0 Å². The number of nitrogens with two attached hydrogens (primary N) is 1. The fourth-order valence-corrected chi connectivity index (χ4v) is 5.51. The molecule has 0 saturated carbocycles. The molecule has 7 rings (SSSR count). The van der Waals surface area contributed by atoms with E-state index in [2.05, 4.69) is 95.6 Å². The van der Waals surface area contributed by atoms with E-state index in [1.165, 1.54) is 0 Å². The lowest BCUT2D eigenvalue weighted by Crippen LogP contribution is -2.44. The molecule has 0 amide bonds. The van der Waals surface area contributed by atoms with E-state index in [9.17, 15) is 0 Å².